The van der Waals surface area contributed by atoms with Crippen molar-refractivity contribution in [1.29, 1.82) is 0 Å². The van der Waals surface area contributed by atoms with E-state index in [4.69, 9.17) is 4.74 Å². The third-order valence-corrected chi connectivity index (χ3v) is 4.64. The number of piperidine rings is 1. The quantitative estimate of drug-likeness (QED) is 0.618. The van der Waals surface area contributed by atoms with Crippen LogP contribution in [0.15, 0.2) is 24.3 Å². The Labute approximate surface area is 149 Å². The Morgan fingerprint density at radius 3 is 2.68 bits per heavy atom. The minimum Gasteiger partial charge on any atom is -0.385 e. The zero-order valence-corrected chi connectivity index (χ0v) is 15.1. The van der Waals surface area contributed by atoms with Gasteiger partial charge in [0.1, 0.15) is 6.04 Å². The summed E-state index contributed by atoms with van der Waals surface area (Å²) >= 11 is 0. The van der Waals surface area contributed by atoms with Gasteiger partial charge in [0, 0.05) is 25.8 Å². The van der Waals surface area contributed by atoms with E-state index in [2.05, 4.69) is 16.0 Å². The predicted octanol–water partition coefficient (Wildman–Crippen LogP) is 1.25. The summed E-state index contributed by atoms with van der Waals surface area (Å²) in [5.74, 6) is -0.143. The number of aryl methyl sites for hydroxylation is 1. The average molecular weight is 347 g/mol. The second-order valence-corrected chi connectivity index (χ2v) is 6.49. The van der Waals surface area contributed by atoms with E-state index in [9.17, 15) is 9.59 Å². The number of methoxy groups -OCH3 is 1. The standard InChI is InChI=1S/C19H29N3O3/c1-14-6-3-4-7-16(14)18(23)22-17(15-8-11-20-12-9-15)19(24)21-10-5-13-25-2/h3-4,6-7,15,17,20H,5,8-13H2,1-2H3,(H,21,24)(H,22,23). The van der Waals surface area contributed by atoms with Crippen LogP contribution in [0.2, 0.25) is 0 Å². The number of hydrogen-bond acceptors (Lipinski definition) is 4. The van der Waals surface area contributed by atoms with Gasteiger partial charge in [-0.25, -0.2) is 0 Å². The molecule has 3 N–H and O–H groups in total. The molecule has 1 aromatic rings. The van der Waals surface area contributed by atoms with Crippen molar-refractivity contribution in [2.45, 2.75) is 32.2 Å². The largest absolute Gasteiger partial charge is 0.385 e. The molecule has 0 bridgehead atoms. The number of hydrogen-bond donors (Lipinski definition) is 3. The lowest BCUT2D eigenvalue weighted by atomic mass is 9.89. The highest BCUT2D eigenvalue weighted by Gasteiger charge is 2.31. The topological polar surface area (TPSA) is 79.5 Å². The van der Waals surface area contributed by atoms with Gasteiger partial charge in [0.05, 0.1) is 0 Å². The maximum Gasteiger partial charge on any atom is 0.252 e. The molecule has 138 valence electrons. The van der Waals surface area contributed by atoms with E-state index in [1.807, 2.05) is 25.1 Å². The molecule has 1 aromatic carbocycles. The van der Waals surface area contributed by atoms with Crippen LogP contribution in [-0.4, -0.2) is 51.2 Å². The summed E-state index contributed by atoms with van der Waals surface area (Å²) in [7, 11) is 1.64. The Bertz CT molecular complexity index is 571. The number of rotatable bonds is 8. The van der Waals surface area contributed by atoms with Crippen molar-refractivity contribution in [2.24, 2.45) is 5.92 Å². The molecule has 1 atom stereocenters. The molecule has 0 spiro atoms. The molecule has 1 unspecified atom stereocenters. The Kier molecular flexibility index (Phi) is 7.88. The van der Waals surface area contributed by atoms with Crippen LogP contribution in [-0.2, 0) is 9.53 Å². The van der Waals surface area contributed by atoms with Crippen LogP contribution in [0.25, 0.3) is 0 Å². The fourth-order valence-corrected chi connectivity index (χ4v) is 3.16. The lowest BCUT2D eigenvalue weighted by molar-refractivity contribution is -0.124. The molecule has 0 aromatic heterocycles. The molecule has 0 radical (unpaired) electrons. The minimum absolute atomic E-state index is 0.107. The molecule has 0 aliphatic carbocycles. The number of nitrogens with one attached hydrogen (secondary N) is 3. The fourth-order valence-electron chi connectivity index (χ4n) is 3.16. The summed E-state index contributed by atoms with van der Waals surface area (Å²) < 4.78 is 5.01. The van der Waals surface area contributed by atoms with Crippen molar-refractivity contribution in [2.75, 3.05) is 33.4 Å². The number of carbonyl (C=O) groups excluding carboxylic acids is 2. The second-order valence-electron chi connectivity index (χ2n) is 6.49. The first-order chi connectivity index (χ1) is 12.1. The Morgan fingerprint density at radius 1 is 1.28 bits per heavy atom. The van der Waals surface area contributed by atoms with Crippen LogP contribution in [0.5, 0.6) is 0 Å². The molecule has 1 fully saturated rings. The molecule has 2 rings (SSSR count). The molecule has 25 heavy (non-hydrogen) atoms. The summed E-state index contributed by atoms with van der Waals surface area (Å²) in [6, 6.07) is 6.93. The summed E-state index contributed by atoms with van der Waals surface area (Å²) in [4.78, 5) is 25.3. The predicted molar refractivity (Wildman–Crippen MR) is 97.5 cm³/mol. The molecule has 0 saturated carbocycles. The van der Waals surface area contributed by atoms with E-state index in [0.717, 1.165) is 37.9 Å². The lowest BCUT2D eigenvalue weighted by Gasteiger charge is -2.30. The fraction of sp³-hybridized carbons (Fsp3) is 0.579. The van der Waals surface area contributed by atoms with E-state index in [1.165, 1.54) is 0 Å². The molecule has 6 heteroatoms. The van der Waals surface area contributed by atoms with Crippen molar-refractivity contribution in [3.63, 3.8) is 0 Å². The Balaban J connectivity index is 2.04. The van der Waals surface area contributed by atoms with E-state index < -0.39 is 6.04 Å². The van der Waals surface area contributed by atoms with E-state index in [0.29, 0.717) is 18.7 Å². The normalized spacial score (nSPS) is 16.2. The van der Waals surface area contributed by atoms with Gasteiger partial charge in [-0.15, -0.1) is 0 Å². The molecule has 1 aliphatic rings. The SMILES string of the molecule is COCCCNC(=O)C(NC(=O)c1ccccc1C)C1CCNCC1. The maximum absolute atomic E-state index is 12.7. The zero-order chi connectivity index (χ0) is 18.1. The smallest absolute Gasteiger partial charge is 0.252 e. The first kappa shape index (κ1) is 19.4. The monoisotopic (exact) mass is 347 g/mol. The molecule has 1 aliphatic heterocycles. The van der Waals surface area contributed by atoms with Gasteiger partial charge >= 0.3 is 0 Å². The summed E-state index contributed by atoms with van der Waals surface area (Å²) in [5, 5.41) is 9.21. The molecule has 1 heterocycles. The van der Waals surface area contributed by atoms with Gasteiger partial charge in [0.25, 0.3) is 5.91 Å². The third kappa shape index (κ3) is 5.83. The molecule has 2 amide bonds. The van der Waals surface area contributed by atoms with Crippen LogP contribution in [0, 0.1) is 12.8 Å². The van der Waals surface area contributed by atoms with Gasteiger partial charge in [-0.3, -0.25) is 9.59 Å². The highest BCUT2D eigenvalue weighted by atomic mass is 16.5. The average Bonchev–Trinajstić information content (AvgIpc) is 2.64. The number of ether oxygens (including phenoxy) is 1. The number of benzene rings is 1. The van der Waals surface area contributed by atoms with Gasteiger partial charge in [-0.2, -0.15) is 0 Å². The second kappa shape index (κ2) is 10.2. The highest BCUT2D eigenvalue weighted by Crippen LogP contribution is 2.18. The third-order valence-electron chi connectivity index (χ3n) is 4.64. The number of carbonyl (C=O) groups is 2. The molecular weight excluding hydrogens is 318 g/mol. The first-order valence-electron chi connectivity index (χ1n) is 8.97. The Hall–Kier alpha value is -1.92. The van der Waals surface area contributed by atoms with Gasteiger partial charge in [0.15, 0.2) is 0 Å². The van der Waals surface area contributed by atoms with E-state index in [1.54, 1.807) is 13.2 Å². The minimum atomic E-state index is -0.503. The van der Waals surface area contributed by atoms with Crippen molar-refractivity contribution < 1.29 is 14.3 Å². The summed E-state index contributed by atoms with van der Waals surface area (Å²) in [6.07, 6.45) is 2.52. The van der Waals surface area contributed by atoms with Crippen molar-refractivity contribution in [1.82, 2.24) is 16.0 Å². The number of amides is 2. The Morgan fingerprint density at radius 2 is 2.00 bits per heavy atom. The highest BCUT2D eigenvalue weighted by molar-refractivity contribution is 5.98. The van der Waals surface area contributed by atoms with Gasteiger partial charge in [-0.05, 0) is 56.8 Å². The van der Waals surface area contributed by atoms with Crippen molar-refractivity contribution in [3.05, 3.63) is 35.4 Å². The van der Waals surface area contributed by atoms with Crippen molar-refractivity contribution >= 4 is 11.8 Å². The van der Waals surface area contributed by atoms with E-state index >= 15 is 0 Å². The van der Waals surface area contributed by atoms with Gasteiger partial charge in [0.2, 0.25) is 5.91 Å². The molecule has 1 saturated heterocycles. The summed E-state index contributed by atoms with van der Waals surface area (Å²) in [6.45, 7) is 4.80. The van der Waals surface area contributed by atoms with Gasteiger partial charge < -0.3 is 20.7 Å². The van der Waals surface area contributed by atoms with Crippen molar-refractivity contribution in [3.8, 4) is 0 Å². The van der Waals surface area contributed by atoms with Crippen LogP contribution >= 0.6 is 0 Å². The van der Waals surface area contributed by atoms with Gasteiger partial charge in [-0.1, -0.05) is 18.2 Å². The lowest BCUT2D eigenvalue weighted by Crippen LogP contribution is -2.53. The maximum atomic E-state index is 12.7. The summed E-state index contributed by atoms with van der Waals surface area (Å²) in [5.41, 5.74) is 1.53. The molecule has 6 nitrogen and oxygen atoms in total. The van der Waals surface area contributed by atoms with E-state index in [-0.39, 0.29) is 17.7 Å². The first-order valence-corrected chi connectivity index (χ1v) is 8.97. The van der Waals surface area contributed by atoms with Crippen LogP contribution in [0.4, 0.5) is 0 Å². The van der Waals surface area contributed by atoms with Crippen LogP contribution in [0.1, 0.15) is 35.2 Å². The van der Waals surface area contributed by atoms with Crippen LogP contribution in [0.3, 0.4) is 0 Å². The zero-order valence-electron chi connectivity index (χ0n) is 15.1. The molecular formula is C19H29N3O3. The van der Waals surface area contributed by atoms with Crippen LogP contribution < -0.4 is 16.0 Å².